The summed E-state index contributed by atoms with van der Waals surface area (Å²) in [6, 6.07) is -0.0837. The summed E-state index contributed by atoms with van der Waals surface area (Å²) in [5.41, 5.74) is 5.51. The second-order valence-corrected chi connectivity index (χ2v) is 3.39. The first-order valence-electron chi connectivity index (χ1n) is 4.50. The molecule has 15 heavy (non-hydrogen) atoms. The molecule has 0 unspecified atom stereocenters. The molecule has 2 atom stereocenters. The van der Waals surface area contributed by atoms with Gasteiger partial charge >= 0.3 is 12.1 Å². The molecule has 88 valence electrons. The summed E-state index contributed by atoms with van der Waals surface area (Å²) in [7, 11) is 0. The van der Waals surface area contributed by atoms with E-state index in [0.29, 0.717) is 12.8 Å². The second-order valence-electron chi connectivity index (χ2n) is 3.39. The lowest BCUT2D eigenvalue weighted by molar-refractivity contribution is -0.203. The molecule has 1 fully saturated rings. The van der Waals surface area contributed by atoms with Crippen LogP contribution in [0.2, 0.25) is 0 Å². The summed E-state index contributed by atoms with van der Waals surface area (Å²) in [5, 5.41) is 0. The van der Waals surface area contributed by atoms with Crippen molar-refractivity contribution in [1.82, 2.24) is 0 Å². The molecule has 0 aromatic heterocycles. The van der Waals surface area contributed by atoms with Crippen LogP contribution in [0.5, 0.6) is 0 Å². The average molecular weight is 227 g/mol. The molecule has 0 bridgehead atoms. The van der Waals surface area contributed by atoms with Gasteiger partial charge in [-0.1, -0.05) is 0 Å². The van der Waals surface area contributed by atoms with E-state index in [9.17, 15) is 18.0 Å². The van der Waals surface area contributed by atoms with E-state index in [0.717, 1.165) is 0 Å². The van der Waals surface area contributed by atoms with Crippen molar-refractivity contribution in [2.24, 2.45) is 5.73 Å². The molecule has 0 amide bonds. The van der Waals surface area contributed by atoms with Gasteiger partial charge in [-0.05, 0) is 12.8 Å². The summed E-state index contributed by atoms with van der Waals surface area (Å²) >= 11 is 0. The summed E-state index contributed by atoms with van der Waals surface area (Å²) in [6.07, 6.45) is -4.25. The predicted molar refractivity (Wildman–Crippen MR) is 44.0 cm³/mol. The minimum atomic E-state index is -4.94. The number of hydrogen-bond donors (Lipinski definition) is 1. The van der Waals surface area contributed by atoms with Gasteiger partial charge in [0, 0.05) is 6.04 Å². The number of halogens is 3. The molecule has 0 spiro atoms. The molecular formula is C8H12F3NO3. The van der Waals surface area contributed by atoms with Crippen molar-refractivity contribution in [2.75, 3.05) is 13.2 Å². The summed E-state index contributed by atoms with van der Waals surface area (Å²) < 4.78 is 44.3. The molecule has 0 saturated carbocycles. The van der Waals surface area contributed by atoms with Crippen molar-refractivity contribution in [2.45, 2.75) is 31.2 Å². The molecule has 1 aliphatic heterocycles. The first-order valence-corrected chi connectivity index (χ1v) is 4.50. The molecular weight excluding hydrogens is 215 g/mol. The fourth-order valence-electron chi connectivity index (χ4n) is 1.21. The van der Waals surface area contributed by atoms with Gasteiger partial charge in [0.1, 0.15) is 6.61 Å². The van der Waals surface area contributed by atoms with E-state index in [4.69, 9.17) is 10.5 Å². The van der Waals surface area contributed by atoms with Crippen LogP contribution in [0.3, 0.4) is 0 Å². The fourth-order valence-corrected chi connectivity index (χ4v) is 1.21. The Hall–Kier alpha value is -0.820. The number of esters is 1. The number of nitrogens with two attached hydrogens (primary N) is 1. The van der Waals surface area contributed by atoms with Gasteiger partial charge in [0.2, 0.25) is 0 Å². The SMILES string of the molecule is N[C@@H]1CC[C@@H](COC(=O)C(F)(F)F)OC1. The van der Waals surface area contributed by atoms with Crippen LogP contribution in [0.25, 0.3) is 0 Å². The first kappa shape index (κ1) is 12.3. The van der Waals surface area contributed by atoms with E-state index >= 15 is 0 Å². The number of alkyl halides is 3. The molecule has 7 heteroatoms. The van der Waals surface area contributed by atoms with Crippen LogP contribution in [-0.4, -0.2) is 37.5 Å². The monoisotopic (exact) mass is 227 g/mol. The summed E-state index contributed by atoms with van der Waals surface area (Å²) in [5.74, 6) is -2.18. The standard InChI is InChI=1S/C8H12F3NO3/c9-8(10,11)7(13)15-4-6-2-1-5(12)3-14-6/h5-6H,1-4,12H2/t5-,6+/m1/s1. The van der Waals surface area contributed by atoms with Crippen LogP contribution in [-0.2, 0) is 14.3 Å². The van der Waals surface area contributed by atoms with Crippen LogP contribution in [0, 0.1) is 0 Å². The zero-order valence-electron chi connectivity index (χ0n) is 7.92. The van der Waals surface area contributed by atoms with Crippen molar-refractivity contribution in [3.8, 4) is 0 Å². The molecule has 0 aromatic carbocycles. The van der Waals surface area contributed by atoms with Crippen LogP contribution in [0.15, 0.2) is 0 Å². The third-order valence-corrected chi connectivity index (χ3v) is 2.04. The Bertz CT molecular complexity index is 224. The second kappa shape index (κ2) is 4.80. The number of ether oxygens (including phenoxy) is 2. The van der Waals surface area contributed by atoms with Crippen molar-refractivity contribution in [3.63, 3.8) is 0 Å². The van der Waals surface area contributed by atoms with Gasteiger partial charge in [-0.15, -0.1) is 0 Å². The molecule has 0 aromatic rings. The van der Waals surface area contributed by atoms with Gasteiger partial charge in [-0.25, -0.2) is 4.79 Å². The minimum absolute atomic E-state index is 0.0837. The lowest BCUT2D eigenvalue weighted by Gasteiger charge is -2.26. The Morgan fingerprint density at radius 2 is 2.13 bits per heavy atom. The van der Waals surface area contributed by atoms with Crippen LogP contribution in [0.1, 0.15) is 12.8 Å². The lowest BCUT2D eigenvalue weighted by atomic mass is 10.1. The Labute approximate surface area is 84.5 Å². The zero-order valence-corrected chi connectivity index (χ0v) is 7.92. The maximum atomic E-state index is 11.7. The van der Waals surface area contributed by atoms with E-state index in [1.807, 2.05) is 0 Å². The Kier molecular flexibility index (Phi) is 3.92. The Morgan fingerprint density at radius 1 is 1.47 bits per heavy atom. The van der Waals surface area contributed by atoms with E-state index in [1.165, 1.54) is 0 Å². The molecule has 1 heterocycles. The summed E-state index contributed by atoms with van der Waals surface area (Å²) in [6.45, 7) is -0.0840. The molecule has 0 radical (unpaired) electrons. The molecule has 1 aliphatic rings. The smallest absolute Gasteiger partial charge is 0.456 e. The van der Waals surface area contributed by atoms with E-state index < -0.39 is 18.2 Å². The van der Waals surface area contributed by atoms with Crippen molar-refractivity contribution >= 4 is 5.97 Å². The van der Waals surface area contributed by atoms with Crippen molar-refractivity contribution in [3.05, 3.63) is 0 Å². The van der Waals surface area contributed by atoms with Crippen LogP contribution < -0.4 is 5.73 Å². The van der Waals surface area contributed by atoms with Crippen molar-refractivity contribution in [1.29, 1.82) is 0 Å². The van der Waals surface area contributed by atoms with Gasteiger partial charge in [0.05, 0.1) is 12.7 Å². The zero-order chi connectivity index (χ0) is 11.5. The molecule has 1 rings (SSSR count). The highest BCUT2D eigenvalue weighted by Gasteiger charge is 2.41. The van der Waals surface area contributed by atoms with E-state index in [-0.39, 0.29) is 19.3 Å². The van der Waals surface area contributed by atoms with E-state index in [1.54, 1.807) is 0 Å². The Balaban J connectivity index is 2.23. The largest absolute Gasteiger partial charge is 0.490 e. The van der Waals surface area contributed by atoms with Crippen LogP contribution in [0.4, 0.5) is 13.2 Å². The topological polar surface area (TPSA) is 61.5 Å². The third kappa shape index (κ3) is 4.05. The number of rotatable bonds is 2. The van der Waals surface area contributed by atoms with Gasteiger partial charge in [0.15, 0.2) is 0 Å². The average Bonchev–Trinajstić information content (AvgIpc) is 2.15. The third-order valence-electron chi connectivity index (χ3n) is 2.04. The minimum Gasteiger partial charge on any atom is -0.456 e. The fraction of sp³-hybridized carbons (Fsp3) is 0.875. The highest BCUT2D eigenvalue weighted by molar-refractivity contribution is 5.75. The molecule has 4 nitrogen and oxygen atoms in total. The maximum Gasteiger partial charge on any atom is 0.490 e. The van der Waals surface area contributed by atoms with Gasteiger partial charge in [-0.2, -0.15) is 13.2 Å². The van der Waals surface area contributed by atoms with Gasteiger partial charge in [-0.3, -0.25) is 0 Å². The maximum absolute atomic E-state index is 11.7. The van der Waals surface area contributed by atoms with Crippen LogP contribution >= 0.6 is 0 Å². The normalized spacial score (nSPS) is 27.5. The summed E-state index contributed by atoms with van der Waals surface area (Å²) in [4.78, 5) is 10.3. The van der Waals surface area contributed by atoms with Gasteiger partial charge < -0.3 is 15.2 Å². The first-order chi connectivity index (χ1) is 6.89. The van der Waals surface area contributed by atoms with Crippen molar-refractivity contribution < 1.29 is 27.4 Å². The van der Waals surface area contributed by atoms with E-state index in [2.05, 4.69) is 4.74 Å². The molecule has 2 N–H and O–H groups in total. The molecule has 0 aliphatic carbocycles. The highest BCUT2D eigenvalue weighted by atomic mass is 19.4. The molecule has 1 saturated heterocycles. The highest BCUT2D eigenvalue weighted by Crippen LogP contribution is 2.18. The lowest BCUT2D eigenvalue weighted by Crippen LogP contribution is -2.38. The predicted octanol–water partition coefficient (Wildman–Crippen LogP) is 0.598. The number of hydrogen-bond acceptors (Lipinski definition) is 4. The number of carbonyl (C=O) groups is 1. The van der Waals surface area contributed by atoms with Gasteiger partial charge in [0.25, 0.3) is 0 Å². The quantitative estimate of drug-likeness (QED) is 0.701. The Morgan fingerprint density at radius 3 is 2.60 bits per heavy atom. The number of carbonyl (C=O) groups excluding carboxylic acids is 1.